The molecular formula is C11H26O3Si. The second-order valence-electron chi connectivity index (χ2n) is 3.65. The van der Waals surface area contributed by atoms with Crippen LogP contribution in [0.2, 0.25) is 6.55 Å². The summed E-state index contributed by atoms with van der Waals surface area (Å²) in [5.41, 5.74) is 0.150. The molecule has 92 valence electrons. The fourth-order valence-corrected chi connectivity index (χ4v) is 4.46. The Labute approximate surface area is 95.4 Å². The fraction of sp³-hybridized carbons (Fsp3) is 1.00. The van der Waals surface area contributed by atoms with Crippen molar-refractivity contribution in [2.24, 2.45) is 0 Å². The first kappa shape index (κ1) is 15.1. The molecule has 0 aliphatic heterocycles. The van der Waals surface area contributed by atoms with E-state index in [1.807, 2.05) is 13.8 Å². The molecule has 0 radical (unpaired) electrons. The van der Waals surface area contributed by atoms with Gasteiger partial charge in [0.1, 0.15) is 5.73 Å². The van der Waals surface area contributed by atoms with Crippen LogP contribution in [0.15, 0.2) is 0 Å². The molecule has 0 aromatic rings. The van der Waals surface area contributed by atoms with E-state index in [0.29, 0.717) is 13.2 Å². The summed E-state index contributed by atoms with van der Waals surface area (Å²) < 4.78 is 17.4. The quantitative estimate of drug-likeness (QED) is 0.574. The highest BCUT2D eigenvalue weighted by Gasteiger charge is 2.40. The van der Waals surface area contributed by atoms with Crippen LogP contribution in [-0.2, 0) is 13.6 Å². The molecule has 4 heteroatoms. The summed E-state index contributed by atoms with van der Waals surface area (Å²) in [5.74, 6) is 0. The lowest BCUT2D eigenvalue weighted by molar-refractivity contribution is 0.0472. The predicted octanol–water partition coefficient (Wildman–Crippen LogP) is 2.88. The standard InChI is InChI=1S/C11H26O3Si/c1-6-10-12-11(7-2)15(5,13-8-3)14-9-4/h11H,6-10H2,1-5H3. The van der Waals surface area contributed by atoms with Gasteiger partial charge < -0.3 is 13.6 Å². The Bertz CT molecular complexity index is 147. The molecule has 0 bridgehead atoms. The van der Waals surface area contributed by atoms with Crippen molar-refractivity contribution >= 4 is 8.56 Å². The maximum absolute atomic E-state index is 5.82. The van der Waals surface area contributed by atoms with Crippen LogP contribution in [0, 0.1) is 0 Å². The van der Waals surface area contributed by atoms with Gasteiger partial charge in [0.05, 0.1) is 0 Å². The summed E-state index contributed by atoms with van der Waals surface area (Å²) in [6.07, 6.45) is 2.00. The summed E-state index contributed by atoms with van der Waals surface area (Å²) in [6, 6.07) is 0. The number of hydrogen-bond acceptors (Lipinski definition) is 3. The van der Waals surface area contributed by atoms with E-state index in [-0.39, 0.29) is 5.73 Å². The zero-order valence-corrected chi connectivity index (χ0v) is 11.8. The molecule has 0 spiro atoms. The monoisotopic (exact) mass is 234 g/mol. The Hall–Kier alpha value is 0.0969. The van der Waals surface area contributed by atoms with E-state index in [2.05, 4.69) is 20.4 Å². The minimum absolute atomic E-state index is 0.150. The molecule has 0 heterocycles. The number of hydrogen-bond donors (Lipinski definition) is 0. The lowest BCUT2D eigenvalue weighted by atomic mass is 10.5. The van der Waals surface area contributed by atoms with E-state index in [9.17, 15) is 0 Å². The third-order valence-corrected chi connectivity index (χ3v) is 5.81. The molecule has 0 aliphatic rings. The van der Waals surface area contributed by atoms with Crippen molar-refractivity contribution < 1.29 is 13.6 Å². The molecule has 1 atom stereocenters. The van der Waals surface area contributed by atoms with Crippen molar-refractivity contribution in [2.75, 3.05) is 19.8 Å². The Kier molecular flexibility index (Phi) is 8.33. The van der Waals surface area contributed by atoms with E-state index >= 15 is 0 Å². The molecule has 0 fully saturated rings. The molecule has 0 aromatic heterocycles. The first-order valence-electron chi connectivity index (χ1n) is 6.04. The molecule has 0 aliphatic carbocycles. The molecular weight excluding hydrogens is 208 g/mol. The Morgan fingerprint density at radius 1 is 1.00 bits per heavy atom. The maximum Gasteiger partial charge on any atom is 0.364 e. The normalized spacial score (nSPS) is 14.2. The van der Waals surface area contributed by atoms with Crippen LogP contribution >= 0.6 is 0 Å². The van der Waals surface area contributed by atoms with Gasteiger partial charge in [0.15, 0.2) is 0 Å². The third kappa shape index (κ3) is 5.11. The Morgan fingerprint density at radius 2 is 1.53 bits per heavy atom. The van der Waals surface area contributed by atoms with Crippen LogP contribution in [0.5, 0.6) is 0 Å². The average Bonchev–Trinajstić information content (AvgIpc) is 2.19. The van der Waals surface area contributed by atoms with Crippen LogP contribution in [0.25, 0.3) is 0 Å². The van der Waals surface area contributed by atoms with Gasteiger partial charge >= 0.3 is 8.56 Å². The first-order valence-corrected chi connectivity index (χ1v) is 8.43. The van der Waals surface area contributed by atoms with Gasteiger partial charge in [-0.05, 0) is 33.2 Å². The smallest absolute Gasteiger partial charge is 0.364 e. The SMILES string of the molecule is CCCOC(CC)[Si](C)(OCC)OCC. The molecule has 0 amide bonds. The molecule has 0 saturated heterocycles. The second-order valence-corrected chi connectivity index (χ2v) is 6.90. The van der Waals surface area contributed by atoms with Crippen molar-refractivity contribution in [3.8, 4) is 0 Å². The lowest BCUT2D eigenvalue weighted by Gasteiger charge is -2.33. The minimum atomic E-state index is -2.14. The van der Waals surface area contributed by atoms with Crippen LogP contribution in [0.4, 0.5) is 0 Å². The molecule has 1 unspecified atom stereocenters. The molecule has 0 N–H and O–H groups in total. The van der Waals surface area contributed by atoms with E-state index < -0.39 is 8.56 Å². The van der Waals surface area contributed by atoms with Gasteiger partial charge in [-0.3, -0.25) is 0 Å². The summed E-state index contributed by atoms with van der Waals surface area (Å²) in [7, 11) is -2.14. The van der Waals surface area contributed by atoms with Crippen molar-refractivity contribution in [1.29, 1.82) is 0 Å². The second kappa shape index (κ2) is 8.27. The largest absolute Gasteiger partial charge is 0.393 e. The van der Waals surface area contributed by atoms with Crippen LogP contribution in [0.3, 0.4) is 0 Å². The molecule has 15 heavy (non-hydrogen) atoms. The summed E-state index contributed by atoms with van der Waals surface area (Å²) in [4.78, 5) is 0. The summed E-state index contributed by atoms with van der Waals surface area (Å²) >= 11 is 0. The van der Waals surface area contributed by atoms with E-state index in [1.165, 1.54) is 0 Å². The first-order chi connectivity index (χ1) is 7.14. The zero-order valence-electron chi connectivity index (χ0n) is 10.8. The van der Waals surface area contributed by atoms with Crippen LogP contribution < -0.4 is 0 Å². The minimum Gasteiger partial charge on any atom is -0.393 e. The van der Waals surface area contributed by atoms with E-state index in [0.717, 1.165) is 19.4 Å². The highest BCUT2D eigenvalue weighted by molar-refractivity contribution is 6.67. The van der Waals surface area contributed by atoms with Crippen molar-refractivity contribution in [1.82, 2.24) is 0 Å². The molecule has 3 nitrogen and oxygen atoms in total. The zero-order chi connectivity index (χ0) is 11.7. The summed E-state index contributed by atoms with van der Waals surface area (Å²) in [5, 5.41) is 0. The topological polar surface area (TPSA) is 27.7 Å². The van der Waals surface area contributed by atoms with Crippen molar-refractivity contribution in [3.63, 3.8) is 0 Å². The summed E-state index contributed by atoms with van der Waals surface area (Å²) in [6.45, 7) is 12.6. The van der Waals surface area contributed by atoms with Gasteiger partial charge in [0.25, 0.3) is 0 Å². The van der Waals surface area contributed by atoms with Gasteiger partial charge in [-0.1, -0.05) is 13.8 Å². The maximum atomic E-state index is 5.82. The Morgan fingerprint density at radius 3 is 1.87 bits per heavy atom. The lowest BCUT2D eigenvalue weighted by Crippen LogP contribution is -2.52. The number of ether oxygens (including phenoxy) is 1. The average molecular weight is 234 g/mol. The van der Waals surface area contributed by atoms with Crippen molar-refractivity contribution in [3.05, 3.63) is 0 Å². The van der Waals surface area contributed by atoms with Gasteiger partial charge in [0.2, 0.25) is 0 Å². The van der Waals surface area contributed by atoms with E-state index in [1.54, 1.807) is 0 Å². The fourth-order valence-electron chi connectivity index (χ4n) is 1.70. The van der Waals surface area contributed by atoms with Gasteiger partial charge in [-0.2, -0.15) is 0 Å². The highest BCUT2D eigenvalue weighted by Crippen LogP contribution is 2.18. The third-order valence-electron chi connectivity index (χ3n) is 2.34. The van der Waals surface area contributed by atoms with Gasteiger partial charge in [-0.25, -0.2) is 0 Å². The molecule has 0 aromatic carbocycles. The van der Waals surface area contributed by atoms with Gasteiger partial charge in [0, 0.05) is 19.8 Å². The van der Waals surface area contributed by atoms with Crippen LogP contribution in [-0.4, -0.2) is 34.1 Å². The van der Waals surface area contributed by atoms with Crippen molar-refractivity contribution in [2.45, 2.75) is 52.8 Å². The molecule has 0 rings (SSSR count). The highest BCUT2D eigenvalue weighted by atomic mass is 28.4. The Balaban J connectivity index is 4.37. The van der Waals surface area contributed by atoms with Gasteiger partial charge in [-0.15, -0.1) is 0 Å². The predicted molar refractivity (Wildman–Crippen MR) is 65.2 cm³/mol. The van der Waals surface area contributed by atoms with E-state index in [4.69, 9.17) is 13.6 Å². The number of rotatable bonds is 9. The molecule has 0 saturated carbocycles. The van der Waals surface area contributed by atoms with Crippen LogP contribution in [0.1, 0.15) is 40.5 Å².